The van der Waals surface area contributed by atoms with Crippen molar-refractivity contribution in [1.29, 1.82) is 0 Å². The molecule has 0 spiro atoms. The predicted molar refractivity (Wildman–Crippen MR) is 72.1 cm³/mol. The molecular weight excluding hydrogens is 228 g/mol. The van der Waals surface area contributed by atoms with Gasteiger partial charge in [0, 0.05) is 6.54 Å². The van der Waals surface area contributed by atoms with Crippen LogP contribution in [0.15, 0.2) is 0 Å². The number of carbonyl (C=O) groups is 2. The third-order valence-corrected chi connectivity index (χ3v) is 3.80. The van der Waals surface area contributed by atoms with Crippen molar-refractivity contribution in [3.63, 3.8) is 0 Å². The average molecular weight is 254 g/mol. The minimum atomic E-state index is -0.376. The summed E-state index contributed by atoms with van der Waals surface area (Å²) in [5.41, 5.74) is 0. The van der Waals surface area contributed by atoms with Gasteiger partial charge in [0.25, 0.3) is 0 Å². The summed E-state index contributed by atoms with van der Waals surface area (Å²) >= 11 is 0. The van der Waals surface area contributed by atoms with E-state index in [1.807, 2.05) is 6.92 Å². The molecule has 1 saturated heterocycles. The third-order valence-electron chi connectivity index (χ3n) is 3.80. The lowest BCUT2D eigenvalue weighted by Gasteiger charge is -2.40. The van der Waals surface area contributed by atoms with E-state index in [-0.39, 0.29) is 29.8 Å². The van der Waals surface area contributed by atoms with E-state index in [1.165, 1.54) is 0 Å². The minimum Gasteiger partial charge on any atom is -0.343 e. The van der Waals surface area contributed by atoms with Gasteiger partial charge in [0.2, 0.25) is 11.8 Å². The molecule has 1 heterocycles. The monoisotopic (exact) mass is 254 g/mol. The molecule has 1 aliphatic rings. The number of unbranched alkanes of at least 4 members (excludes halogenated alkanes) is 2. The van der Waals surface area contributed by atoms with Gasteiger partial charge >= 0.3 is 0 Å². The van der Waals surface area contributed by atoms with E-state index in [0.717, 1.165) is 25.7 Å². The number of amides is 2. The molecule has 0 bridgehead atoms. The maximum Gasteiger partial charge on any atom is 0.245 e. The van der Waals surface area contributed by atoms with Crippen LogP contribution in [0.25, 0.3) is 0 Å². The Hall–Kier alpha value is -1.06. The number of hydrogen-bond acceptors (Lipinski definition) is 2. The summed E-state index contributed by atoms with van der Waals surface area (Å²) in [6, 6.07) is -0.657. The molecule has 4 heteroatoms. The topological polar surface area (TPSA) is 49.4 Å². The van der Waals surface area contributed by atoms with Crippen LogP contribution >= 0.6 is 0 Å². The lowest BCUT2D eigenvalue weighted by Crippen LogP contribution is -2.64. The molecule has 4 nitrogen and oxygen atoms in total. The standard InChI is InChI=1S/C14H26N2O2/c1-5-7-8-9-16-12(10(3)6-2)13(17)15-11(4)14(16)18/h10-12H,5-9H2,1-4H3,(H,15,17). The van der Waals surface area contributed by atoms with Gasteiger partial charge in [0.1, 0.15) is 12.1 Å². The van der Waals surface area contributed by atoms with Gasteiger partial charge in [-0.05, 0) is 19.3 Å². The summed E-state index contributed by atoms with van der Waals surface area (Å²) in [7, 11) is 0. The minimum absolute atomic E-state index is 0.00736. The molecule has 0 aromatic carbocycles. The lowest BCUT2D eigenvalue weighted by molar-refractivity contribution is -0.151. The second-order valence-corrected chi connectivity index (χ2v) is 5.30. The maximum atomic E-state index is 12.2. The number of nitrogens with zero attached hydrogens (tertiary/aromatic N) is 1. The quantitative estimate of drug-likeness (QED) is 0.736. The van der Waals surface area contributed by atoms with Crippen molar-refractivity contribution in [2.75, 3.05) is 6.54 Å². The van der Waals surface area contributed by atoms with Crippen molar-refractivity contribution in [2.24, 2.45) is 5.92 Å². The van der Waals surface area contributed by atoms with E-state index in [9.17, 15) is 9.59 Å². The molecule has 1 rings (SSSR count). The van der Waals surface area contributed by atoms with Gasteiger partial charge in [0.05, 0.1) is 0 Å². The highest BCUT2D eigenvalue weighted by molar-refractivity contribution is 5.96. The molecule has 0 aromatic heterocycles. The molecule has 3 atom stereocenters. The van der Waals surface area contributed by atoms with Crippen molar-refractivity contribution < 1.29 is 9.59 Å². The molecule has 0 aromatic rings. The molecule has 3 unspecified atom stereocenters. The molecule has 0 radical (unpaired) electrons. The predicted octanol–water partition coefficient (Wildman–Crippen LogP) is 1.94. The normalized spacial score (nSPS) is 26.1. The van der Waals surface area contributed by atoms with E-state index < -0.39 is 0 Å². The largest absolute Gasteiger partial charge is 0.343 e. The van der Waals surface area contributed by atoms with Crippen LogP contribution < -0.4 is 5.32 Å². The van der Waals surface area contributed by atoms with Gasteiger partial charge in [-0.1, -0.05) is 40.0 Å². The number of nitrogens with one attached hydrogen (secondary N) is 1. The first-order chi connectivity index (χ1) is 8.52. The highest BCUT2D eigenvalue weighted by atomic mass is 16.2. The summed E-state index contributed by atoms with van der Waals surface area (Å²) in [5, 5.41) is 2.78. The number of carbonyl (C=O) groups excluding carboxylic acids is 2. The summed E-state index contributed by atoms with van der Waals surface area (Å²) in [5.74, 6) is 0.284. The van der Waals surface area contributed by atoms with Gasteiger partial charge in [-0.25, -0.2) is 0 Å². The van der Waals surface area contributed by atoms with Gasteiger partial charge in [0.15, 0.2) is 0 Å². The Balaban J connectivity index is 2.80. The van der Waals surface area contributed by atoms with Crippen LogP contribution in [-0.2, 0) is 9.59 Å². The fourth-order valence-electron chi connectivity index (χ4n) is 2.46. The van der Waals surface area contributed by atoms with Crippen LogP contribution in [0.1, 0.15) is 53.4 Å². The van der Waals surface area contributed by atoms with Crippen molar-refractivity contribution in [2.45, 2.75) is 65.5 Å². The molecule has 1 fully saturated rings. The molecule has 104 valence electrons. The van der Waals surface area contributed by atoms with E-state index in [4.69, 9.17) is 0 Å². The molecule has 1 N–H and O–H groups in total. The Kier molecular flexibility index (Phi) is 5.63. The molecular formula is C14H26N2O2. The summed E-state index contributed by atoms with van der Waals surface area (Å²) in [4.78, 5) is 26.1. The zero-order valence-corrected chi connectivity index (χ0v) is 12.0. The first kappa shape index (κ1) is 15.0. The molecule has 18 heavy (non-hydrogen) atoms. The summed E-state index contributed by atoms with van der Waals surface area (Å²) in [6.45, 7) is 8.71. The fourth-order valence-corrected chi connectivity index (χ4v) is 2.46. The van der Waals surface area contributed by atoms with Crippen LogP contribution in [0, 0.1) is 5.92 Å². The van der Waals surface area contributed by atoms with Crippen LogP contribution in [0.3, 0.4) is 0 Å². The van der Waals surface area contributed by atoms with Crippen LogP contribution in [-0.4, -0.2) is 35.3 Å². The molecule has 0 aliphatic carbocycles. The number of hydrogen-bond donors (Lipinski definition) is 1. The third kappa shape index (κ3) is 3.24. The van der Waals surface area contributed by atoms with Crippen molar-refractivity contribution in [1.82, 2.24) is 10.2 Å². The summed E-state index contributed by atoms with van der Waals surface area (Å²) in [6.07, 6.45) is 4.12. The van der Waals surface area contributed by atoms with Gasteiger partial charge in [-0.15, -0.1) is 0 Å². The van der Waals surface area contributed by atoms with E-state index in [2.05, 4.69) is 19.2 Å². The highest BCUT2D eigenvalue weighted by Gasteiger charge is 2.40. The zero-order chi connectivity index (χ0) is 13.7. The fraction of sp³-hybridized carbons (Fsp3) is 0.857. The van der Waals surface area contributed by atoms with Gasteiger partial charge in [-0.2, -0.15) is 0 Å². The van der Waals surface area contributed by atoms with Crippen LogP contribution in [0.2, 0.25) is 0 Å². The van der Waals surface area contributed by atoms with E-state index in [0.29, 0.717) is 6.54 Å². The molecule has 2 amide bonds. The molecule has 1 aliphatic heterocycles. The van der Waals surface area contributed by atoms with Gasteiger partial charge in [-0.3, -0.25) is 9.59 Å². The Morgan fingerprint density at radius 2 is 1.94 bits per heavy atom. The molecule has 0 saturated carbocycles. The van der Waals surface area contributed by atoms with Crippen molar-refractivity contribution in [3.8, 4) is 0 Å². The smallest absolute Gasteiger partial charge is 0.245 e. The zero-order valence-electron chi connectivity index (χ0n) is 12.0. The average Bonchev–Trinajstić information content (AvgIpc) is 2.34. The van der Waals surface area contributed by atoms with Crippen molar-refractivity contribution in [3.05, 3.63) is 0 Å². The second-order valence-electron chi connectivity index (χ2n) is 5.30. The summed E-state index contributed by atoms with van der Waals surface area (Å²) < 4.78 is 0. The first-order valence-corrected chi connectivity index (χ1v) is 7.13. The van der Waals surface area contributed by atoms with Crippen LogP contribution in [0.5, 0.6) is 0 Å². The lowest BCUT2D eigenvalue weighted by atomic mass is 9.93. The maximum absolute atomic E-state index is 12.2. The Morgan fingerprint density at radius 3 is 2.50 bits per heavy atom. The SMILES string of the molecule is CCCCCN1C(=O)C(C)NC(=O)C1C(C)CC. The van der Waals surface area contributed by atoms with E-state index >= 15 is 0 Å². The Labute approximate surface area is 110 Å². The number of rotatable bonds is 6. The number of piperazine rings is 1. The van der Waals surface area contributed by atoms with Crippen LogP contribution in [0.4, 0.5) is 0 Å². The Bertz CT molecular complexity index is 304. The Morgan fingerprint density at radius 1 is 1.28 bits per heavy atom. The highest BCUT2D eigenvalue weighted by Crippen LogP contribution is 2.20. The second kappa shape index (κ2) is 6.76. The van der Waals surface area contributed by atoms with Gasteiger partial charge < -0.3 is 10.2 Å². The van der Waals surface area contributed by atoms with E-state index in [1.54, 1.807) is 11.8 Å². The van der Waals surface area contributed by atoms with Crippen molar-refractivity contribution >= 4 is 11.8 Å². The first-order valence-electron chi connectivity index (χ1n) is 7.13.